The molecule has 0 spiro atoms. The van der Waals surface area contributed by atoms with Gasteiger partial charge in [-0.05, 0) is 19.4 Å². The van der Waals surface area contributed by atoms with E-state index < -0.39 is 0 Å². The van der Waals surface area contributed by atoms with Crippen LogP contribution in [0.15, 0.2) is 30.3 Å². The maximum atomic E-state index is 5.40. The van der Waals surface area contributed by atoms with Gasteiger partial charge in [-0.3, -0.25) is 0 Å². The molecule has 2 aromatic rings. The van der Waals surface area contributed by atoms with Crippen LogP contribution in [0.25, 0.3) is 0 Å². The fraction of sp³-hybridized carbons (Fsp3) is 0.412. The summed E-state index contributed by atoms with van der Waals surface area (Å²) in [6.45, 7) is 8.08. The first kappa shape index (κ1) is 14.8. The molecular weight excluding hydrogens is 276 g/mol. The number of hydrogen-bond acceptors (Lipinski definition) is 5. The lowest BCUT2D eigenvalue weighted by atomic mass is 10.1. The summed E-state index contributed by atoms with van der Waals surface area (Å²) in [5, 5.41) is 3.39. The summed E-state index contributed by atoms with van der Waals surface area (Å²) < 4.78 is 5.40. The molecule has 1 fully saturated rings. The Balaban J connectivity index is 1.70. The largest absolute Gasteiger partial charge is 0.378 e. The SMILES string of the molecule is Cc1ccc(CNc2cc(N3CCOCC3)nc(C)n2)cc1. The number of aromatic nitrogens is 2. The Kier molecular flexibility index (Phi) is 4.53. The van der Waals surface area contributed by atoms with Gasteiger partial charge in [-0.2, -0.15) is 0 Å². The van der Waals surface area contributed by atoms with Gasteiger partial charge in [-0.25, -0.2) is 9.97 Å². The fourth-order valence-corrected chi connectivity index (χ4v) is 2.50. The molecule has 0 bridgehead atoms. The van der Waals surface area contributed by atoms with E-state index in [2.05, 4.69) is 51.4 Å². The van der Waals surface area contributed by atoms with Crippen LogP contribution < -0.4 is 10.2 Å². The number of benzene rings is 1. The van der Waals surface area contributed by atoms with Crippen LogP contribution in [0.3, 0.4) is 0 Å². The van der Waals surface area contributed by atoms with Gasteiger partial charge in [0.25, 0.3) is 0 Å². The third kappa shape index (κ3) is 3.74. The molecule has 1 N–H and O–H groups in total. The Morgan fingerprint density at radius 3 is 2.55 bits per heavy atom. The quantitative estimate of drug-likeness (QED) is 0.940. The predicted octanol–water partition coefficient (Wildman–Crippen LogP) is 2.54. The molecule has 22 heavy (non-hydrogen) atoms. The summed E-state index contributed by atoms with van der Waals surface area (Å²) >= 11 is 0. The van der Waals surface area contributed by atoms with Gasteiger partial charge in [-0.15, -0.1) is 0 Å². The highest BCUT2D eigenvalue weighted by Gasteiger charge is 2.14. The molecule has 1 aromatic carbocycles. The van der Waals surface area contributed by atoms with Crippen LogP contribution in [0.4, 0.5) is 11.6 Å². The van der Waals surface area contributed by atoms with Gasteiger partial charge in [0.05, 0.1) is 13.2 Å². The maximum absolute atomic E-state index is 5.40. The Hall–Kier alpha value is -2.14. The lowest BCUT2D eigenvalue weighted by Gasteiger charge is -2.28. The molecule has 0 atom stereocenters. The molecule has 0 amide bonds. The first-order valence-corrected chi connectivity index (χ1v) is 7.68. The van der Waals surface area contributed by atoms with E-state index in [1.54, 1.807) is 0 Å². The van der Waals surface area contributed by atoms with Gasteiger partial charge in [0.15, 0.2) is 0 Å². The lowest BCUT2D eigenvalue weighted by molar-refractivity contribution is 0.122. The van der Waals surface area contributed by atoms with Crippen LogP contribution in [0.5, 0.6) is 0 Å². The Morgan fingerprint density at radius 1 is 1.09 bits per heavy atom. The number of hydrogen-bond donors (Lipinski definition) is 1. The topological polar surface area (TPSA) is 50.3 Å². The predicted molar refractivity (Wildman–Crippen MR) is 88.3 cm³/mol. The molecule has 0 unspecified atom stereocenters. The van der Waals surface area contributed by atoms with Crippen LogP contribution in [-0.4, -0.2) is 36.3 Å². The summed E-state index contributed by atoms with van der Waals surface area (Å²) in [7, 11) is 0. The van der Waals surface area contributed by atoms with E-state index in [4.69, 9.17) is 4.74 Å². The van der Waals surface area contributed by atoms with Crippen molar-refractivity contribution in [2.24, 2.45) is 0 Å². The Morgan fingerprint density at radius 2 is 1.82 bits per heavy atom. The van der Waals surface area contributed by atoms with E-state index in [0.29, 0.717) is 0 Å². The van der Waals surface area contributed by atoms with Crippen molar-refractivity contribution in [3.8, 4) is 0 Å². The second-order valence-electron chi connectivity index (χ2n) is 5.60. The zero-order chi connectivity index (χ0) is 15.4. The first-order valence-electron chi connectivity index (χ1n) is 7.68. The van der Waals surface area contributed by atoms with Crippen molar-refractivity contribution in [2.75, 3.05) is 36.5 Å². The van der Waals surface area contributed by atoms with E-state index >= 15 is 0 Å². The normalized spacial score (nSPS) is 14.9. The third-order valence-corrected chi connectivity index (χ3v) is 3.75. The van der Waals surface area contributed by atoms with Crippen LogP contribution in [0, 0.1) is 13.8 Å². The minimum absolute atomic E-state index is 0.759. The molecule has 116 valence electrons. The molecule has 5 nitrogen and oxygen atoms in total. The number of rotatable bonds is 4. The second-order valence-corrected chi connectivity index (χ2v) is 5.60. The second kappa shape index (κ2) is 6.75. The number of nitrogens with zero attached hydrogens (tertiary/aromatic N) is 3. The summed E-state index contributed by atoms with van der Waals surface area (Å²) in [5.41, 5.74) is 2.52. The standard InChI is InChI=1S/C17H22N4O/c1-13-3-5-15(6-4-13)12-18-16-11-17(20-14(2)19-16)21-7-9-22-10-8-21/h3-6,11H,7-10,12H2,1-2H3,(H,18,19,20). The van der Waals surface area contributed by atoms with Gasteiger partial charge in [0.1, 0.15) is 17.5 Å². The van der Waals surface area contributed by atoms with E-state index in [1.807, 2.05) is 13.0 Å². The third-order valence-electron chi connectivity index (χ3n) is 3.75. The molecule has 0 radical (unpaired) electrons. The van der Waals surface area contributed by atoms with Crippen LogP contribution in [-0.2, 0) is 11.3 Å². The number of nitrogens with one attached hydrogen (secondary N) is 1. The average Bonchev–Trinajstić information content (AvgIpc) is 2.55. The molecule has 1 aliphatic heterocycles. The zero-order valence-electron chi connectivity index (χ0n) is 13.2. The van der Waals surface area contributed by atoms with Crippen molar-refractivity contribution in [3.05, 3.63) is 47.3 Å². The lowest BCUT2D eigenvalue weighted by Crippen LogP contribution is -2.37. The van der Waals surface area contributed by atoms with Crippen LogP contribution >= 0.6 is 0 Å². The van der Waals surface area contributed by atoms with Crippen LogP contribution in [0.2, 0.25) is 0 Å². The van der Waals surface area contributed by atoms with Crippen molar-refractivity contribution in [3.63, 3.8) is 0 Å². The van der Waals surface area contributed by atoms with E-state index in [-0.39, 0.29) is 0 Å². The Bertz CT molecular complexity index is 621. The van der Waals surface area contributed by atoms with Gasteiger partial charge >= 0.3 is 0 Å². The fourth-order valence-electron chi connectivity index (χ4n) is 2.50. The van der Waals surface area contributed by atoms with Gasteiger partial charge < -0.3 is 15.0 Å². The summed E-state index contributed by atoms with van der Waals surface area (Å²) in [6, 6.07) is 10.5. The molecule has 0 saturated carbocycles. The number of ether oxygens (including phenoxy) is 1. The zero-order valence-corrected chi connectivity index (χ0v) is 13.2. The monoisotopic (exact) mass is 298 g/mol. The van der Waals surface area contributed by atoms with Gasteiger partial charge in [-0.1, -0.05) is 29.8 Å². The molecule has 1 saturated heterocycles. The number of anilines is 2. The Labute approximate surface area is 131 Å². The molecule has 0 aliphatic carbocycles. The molecule has 2 heterocycles. The van der Waals surface area contributed by atoms with Gasteiger partial charge in [0.2, 0.25) is 0 Å². The summed E-state index contributed by atoms with van der Waals surface area (Å²) in [6.07, 6.45) is 0. The highest BCUT2D eigenvalue weighted by atomic mass is 16.5. The van der Waals surface area contributed by atoms with E-state index in [0.717, 1.165) is 50.3 Å². The average molecular weight is 298 g/mol. The molecule has 1 aromatic heterocycles. The summed E-state index contributed by atoms with van der Waals surface area (Å²) in [4.78, 5) is 11.3. The van der Waals surface area contributed by atoms with Crippen molar-refractivity contribution in [2.45, 2.75) is 20.4 Å². The molecular formula is C17H22N4O. The number of morpholine rings is 1. The molecule has 1 aliphatic rings. The smallest absolute Gasteiger partial charge is 0.134 e. The van der Waals surface area contributed by atoms with E-state index in [9.17, 15) is 0 Å². The minimum atomic E-state index is 0.759. The van der Waals surface area contributed by atoms with Crippen molar-refractivity contribution in [1.82, 2.24) is 9.97 Å². The van der Waals surface area contributed by atoms with Crippen molar-refractivity contribution >= 4 is 11.6 Å². The molecule has 5 heteroatoms. The minimum Gasteiger partial charge on any atom is -0.378 e. The van der Waals surface area contributed by atoms with Gasteiger partial charge in [0, 0.05) is 25.7 Å². The van der Waals surface area contributed by atoms with E-state index in [1.165, 1.54) is 11.1 Å². The summed E-state index contributed by atoms with van der Waals surface area (Å²) in [5.74, 6) is 2.63. The van der Waals surface area contributed by atoms with Crippen molar-refractivity contribution < 1.29 is 4.74 Å². The highest BCUT2D eigenvalue weighted by Crippen LogP contribution is 2.17. The maximum Gasteiger partial charge on any atom is 0.134 e. The first-order chi connectivity index (χ1) is 10.7. The highest BCUT2D eigenvalue weighted by molar-refractivity contribution is 5.50. The van der Waals surface area contributed by atoms with Crippen LogP contribution in [0.1, 0.15) is 17.0 Å². The van der Waals surface area contributed by atoms with Crippen molar-refractivity contribution in [1.29, 1.82) is 0 Å². The number of aryl methyl sites for hydroxylation is 2. The molecule has 3 rings (SSSR count).